The molecule has 1 aliphatic heterocycles. The predicted octanol–water partition coefficient (Wildman–Crippen LogP) is 1.54. The first-order valence-electron chi connectivity index (χ1n) is 5.17. The summed E-state index contributed by atoms with van der Waals surface area (Å²) in [6.45, 7) is 8.32. The minimum absolute atomic E-state index is 0.0659. The second-order valence-corrected chi connectivity index (χ2v) is 5.82. The van der Waals surface area contributed by atoms with E-state index >= 15 is 0 Å². The van der Waals surface area contributed by atoms with Gasteiger partial charge in [-0.25, -0.2) is 4.99 Å². The first kappa shape index (κ1) is 11.7. The van der Waals surface area contributed by atoms with Crippen LogP contribution >= 0.6 is 11.8 Å². The maximum absolute atomic E-state index is 5.97. The molecule has 1 aliphatic rings. The van der Waals surface area contributed by atoms with Crippen molar-refractivity contribution in [1.29, 1.82) is 0 Å². The average molecular weight is 215 g/mol. The summed E-state index contributed by atoms with van der Waals surface area (Å²) < 4.78 is 0. The third-order valence-corrected chi connectivity index (χ3v) is 3.04. The van der Waals surface area contributed by atoms with E-state index in [0.29, 0.717) is 5.96 Å². The molecule has 0 radical (unpaired) electrons. The number of nitrogens with two attached hydrogens (primary N) is 1. The van der Waals surface area contributed by atoms with Gasteiger partial charge in [0.25, 0.3) is 0 Å². The van der Waals surface area contributed by atoms with Crippen molar-refractivity contribution < 1.29 is 0 Å². The van der Waals surface area contributed by atoms with Gasteiger partial charge in [-0.2, -0.15) is 11.8 Å². The third kappa shape index (κ3) is 4.22. The van der Waals surface area contributed by atoms with Gasteiger partial charge < -0.3 is 10.6 Å². The van der Waals surface area contributed by atoms with Gasteiger partial charge in [0.1, 0.15) is 0 Å². The minimum Gasteiger partial charge on any atom is -0.370 e. The van der Waals surface area contributed by atoms with E-state index < -0.39 is 0 Å². The van der Waals surface area contributed by atoms with E-state index in [1.165, 1.54) is 17.9 Å². The Kier molecular flexibility index (Phi) is 4.11. The second kappa shape index (κ2) is 4.91. The summed E-state index contributed by atoms with van der Waals surface area (Å²) in [4.78, 5) is 6.69. The van der Waals surface area contributed by atoms with E-state index in [0.717, 1.165) is 13.1 Å². The Morgan fingerprint density at radius 2 is 2.00 bits per heavy atom. The van der Waals surface area contributed by atoms with E-state index in [2.05, 4.69) is 30.7 Å². The first-order chi connectivity index (χ1) is 6.49. The Morgan fingerprint density at radius 3 is 2.64 bits per heavy atom. The summed E-state index contributed by atoms with van der Waals surface area (Å²) in [5.74, 6) is 3.12. The molecule has 0 aromatic carbocycles. The highest BCUT2D eigenvalue weighted by Gasteiger charge is 2.14. The molecule has 0 saturated carbocycles. The molecule has 0 atom stereocenters. The summed E-state index contributed by atoms with van der Waals surface area (Å²) in [5, 5.41) is 0. The molecule has 0 unspecified atom stereocenters. The first-order valence-corrected chi connectivity index (χ1v) is 6.32. The van der Waals surface area contributed by atoms with E-state index in [9.17, 15) is 0 Å². The van der Waals surface area contributed by atoms with Crippen LogP contribution in [0.15, 0.2) is 4.99 Å². The summed E-state index contributed by atoms with van der Waals surface area (Å²) in [7, 11) is 0. The van der Waals surface area contributed by atoms with Crippen LogP contribution in [0.2, 0.25) is 0 Å². The lowest BCUT2D eigenvalue weighted by Crippen LogP contribution is -2.40. The van der Waals surface area contributed by atoms with Crippen LogP contribution in [0, 0.1) is 0 Å². The van der Waals surface area contributed by atoms with E-state index in [-0.39, 0.29) is 5.54 Å². The largest absolute Gasteiger partial charge is 0.370 e. The Morgan fingerprint density at radius 1 is 1.29 bits per heavy atom. The van der Waals surface area contributed by atoms with E-state index in [4.69, 9.17) is 5.73 Å². The SMILES string of the molecule is CC(C)(C)N=C(N)N1CCCSCC1. The zero-order valence-corrected chi connectivity index (χ0v) is 10.2. The van der Waals surface area contributed by atoms with Gasteiger partial charge in [0.2, 0.25) is 0 Å². The van der Waals surface area contributed by atoms with Gasteiger partial charge >= 0.3 is 0 Å². The smallest absolute Gasteiger partial charge is 0.191 e. The number of hydrogen-bond donors (Lipinski definition) is 1. The molecule has 0 aromatic heterocycles. The zero-order chi connectivity index (χ0) is 10.6. The monoisotopic (exact) mass is 215 g/mol. The fraction of sp³-hybridized carbons (Fsp3) is 0.900. The molecular weight excluding hydrogens is 194 g/mol. The Bertz CT molecular complexity index is 200. The molecule has 1 fully saturated rings. The molecule has 82 valence electrons. The highest BCUT2D eigenvalue weighted by atomic mass is 32.2. The number of hydrogen-bond acceptors (Lipinski definition) is 2. The van der Waals surface area contributed by atoms with Gasteiger partial charge in [-0.1, -0.05) is 0 Å². The second-order valence-electron chi connectivity index (χ2n) is 4.59. The summed E-state index contributed by atoms with van der Waals surface area (Å²) in [6, 6.07) is 0. The fourth-order valence-electron chi connectivity index (χ4n) is 1.39. The number of thioether (sulfide) groups is 1. The molecule has 14 heavy (non-hydrogen) atoms. The average Bonchev–Trinajstić information content (AvgIpc) is 2.27. The van der Waals surface area contributed by atoms with Crippen LogP contribution in [0.1, 0.15) is 27.2 Å². The molecule has 0 aliphatic carbocycles. The lowest BCUT2D eigenvalue weighted by atomic mass is 10.1. The van der Waals surface area contributed by atoms with Gasteiger partial charge in [-0.3, -0.25) is 0 Å². The number of guanidine groups is 1. The zero-order valence-electron chi connectivity index (χ0n) is 9.42. The molecule has 1 heterocycles. The molecular formula is C10H21N3S. The van der Waals surface area contributed by atoms with Crippen molar-refractivity contribution >= 4 is 17.7 Å². The molecule has 2 N–H and O–H groups in total. The van der Waals surface area contributed by atoms with Crippen LogP contribution in [0.25, 0.3) is 0 Å². The van der Waals surface area contributed by atoms with Crippen molar-refractivity contribution in [2.45, 2.75) is 32.7 Å². The maximum atomic E-state index is 5.97. The maximum Gasteiger partial charge on any atom is 0.191 e. The molecule has 3 nitrogen and oxygen atoms in total. The van der Waals surface area contributed by atoms with Crippen molar-refractivity contribution in [2.75, 3.05) is 24.6 Å². The lowest BCUT2D eigenvalue weighted by molar-refractivity contribution is 0.433. The number of nitrogens with zero attached hydrogens (tertiary/aromatic N) is 2. The lowest BCUT2D eigenvalue weighted by Gasteiger charge is -2.24. The van der Waals surface area contributed by atoms with Crippen LogP contribution in [0.4, 0.5) is 0 Å². The Balaban J connectivity index is 2.57. The van der Waals surface area contributed by atoms with Crippen LogP contribution in [-0.4, -0.2) is 41.0 Å². The van der Waals surface area contributed by atoms with Gasteiger partial charge in [0.05, 0.1) is 5.54 Å². The van der Waals surface area contributed by atoms with Gasteiger partial charge in [-0.15, -0.1) is 0 Å². The van der Waals surface area contributed by atoms with E-state index in [1.54, 1.807) is 0 Å². The van der Waals surface area contributed by atoms with Crippen LogP contribution < -0.4 is 5.73 Å². The highest BCUT2D eigenvalue weighted by molar-refractivity contribution is 7.99. The van der Waals surface area contributed by atoms with E-state index in [1.807, 2.05) is 11.8 Å². The molecule has 1 rings (SSSR count). The topological polar surface area (TPSA) is 41.6 Å². The molecule has 0 spiro atoms. The van der Waals surface area contributed by atoms with Crippen molar-refractivity contribution in [1.82, 2.24) is 4.90 Å². The molecule has 1 saturated heterocycles. The summed E-state index contributed by atoms with van der Waals surface area (Å²) in [6.07, 6.45) is 1.21. The van der Waals surface area contributed by atoms with Gasteiger partial charge in [0, 0.05) is 18.8 Å². The number of rotatable bonds is 0. The normalized spacial score (nSPS) is 20.8. The van der Waals surface area contributed by atoms with Crippen molar-refractivity contribution in [3.05, 3.63) is 0 Å². The molecule has 0 amide bonds. The van der Waals surface area contributed by atoms with Crippen LogP contribution in [0.5, 0.6) is 0 Å². The molecule has 0 bridgehead atoms. The van der Waals surface area contributed by atoms with Gasteiger partial charge in [-0.05, 0) is 32.9 Å². The van der Waals surface area contributed by atoms with Crippen molar-refractivity contribution in [3.63, 3.8) is 0 Å². The standard InChI is InChI=1S/C10H21N3S/c1-10(2,3)12-9(11)13-5-4-7-14-8-6-13/h4-8H2,1-3H3,(H2,11,12). The number of aliphatic imine (C=N–C) groups is 1. The van der Waals surface area contributed by atoms with Crippen LogP contribution in [-0.2, 0) is 0 Å². The molecule has 0 aromatic rings. The minimum atomic E-state index is -0.0659. The highest BCUT2D eigenvalue weighted by Crippen LogP contribution is 2.11. The Hall–Kier alpha value is -0.380. The predicted molar refractivity (Wildman–Crippen MR) is 64.9 cm³/mol. The fourth-order valence-corrected chi connectivity index (χ4v) is 2.28. The molecule has 4 heteroatoms. The summed E-state index contributed by atoms with van der Waals surface area (Å²) >= 11 is 2.00. The Labute approximate surface area is 91.1 Å². The summed E-state index contributed by atoms with van der Waals surface area (Å²) in [5.41, 5.74) is 5.90. The quantitative estimate of drug-likeness (QED) is 0.492. The van der Waals surface area contributed by atoms with Gasteiger partial charge in [0.15, 0.2) is 5.96 Å². The van der Waals surface area contributed by atoms with Crippen molar-refractivity contribution in [2.24, 2.45) is 10.7 Å². The van der Waals surface area contributed by atoms with Crippen LogP contribution in [0.3, 0.4) is 0 Å². The van der Waals surface area contributed by atoms with Crippen molar-refractivity contribution in [3.8, 4) is 0 Å². The third-order valence-electron chi connectivity index (χ3n) is 2.00.